The summed E-state index contributed by atoms with van der Waals surface area (Å²) in [5.41, 5.74) is 7.12. The van der Waals surface area contributed by atoms with Gasteiger partial charge in [0.25, 0.3) is 0 Å². The van der Waals surface area contributed by atoms with Crippen molar-refractivity contribution in [2.24, 2.45) is 5.73 Å². The van der Waals surface area contributed by atoms with Crippen LogP contribution in [0.3, 0.4) is 0 Å². The number of benzene rings is 1. The van der Waals surface area contributed by atoms with Crippen molar-refractivity contribution in [1.29, 1.82) is 0 Å². The zero-order valence-electron chi connectivity index (χ0n) is 9.23. The molecule has 0 bridgehead atoms. The fourth-order valence-electron chi connectivity index (χ4n) is 1.98. The van der Waals surface area contributed by atoms with E-state index in [-0.39, 0.29) is 11.8 Å². The van der Waals surface area contributed by atoms with Gasteiger partial charge in [-0.2, -0.15) is 0 Å². The maximum atomic E-state index is 12.0. The summed E-state index contributed by atoms with van der Waals surface area (Å²) in [6.07, 6.45) is 0.673. The largest absolute Gasteiger partial charge is 0.380 e. The smallest absolute Gasteiger partial charge is 0.182 e. The van der Waals surface area contributed by atoms with E-state index in [2.05, 4.69) is 5.32 Å². The van der Waals surface area contributed by atoms with Crippen LogP contribution in [0.4, 0.5) is 5.69 Å². The first-order chi connectivity index (χ1) is 7.53. The lowest BCUT2D eigenvalue weighted by Crippen LogP contribution is -2.35. The number of hydrogen-bond donors (Lipinski definition) is 2. The van der Waals surface area contributed by atoms with E-state index in [1.54, 1.807) is 6.07 Å². The third-order valence-electron chi connectivity index (χ3n) is 2.77. The van der Waals surface area contributed by atoms with Gasteiger partial charge in [0, 0.05) is 6.04 Å². The lowest BCUT2D eigenvalue weighted by Gasteiger charge is -2.26. The highest BCUT2D eigenvalue weighted by molar-refractivity contribution is 7.91. The molecule has 4 nitrogen and oxygen atoms in total. The fourth-order valence-corrected chi connectivity index (χ4v) is 3.77. The van der Waals surface area contributed by atoms with Crippen molar-refractivity contribution in [2.45, 2.75) is 24.3 Å². The average Bonchev–Trinajstić information content (AvgIpc) is 2.19. The molecule has 1 atom stereocenters. The SMILES string of the molecule is Cc1ccc2c(c1)S(=O)(=O)CC(CCN)N2. The van der Waals surface area contributed by atoms with E-state index in [1.807, 2.05) is 19.1 Å². The summed E-state index contributed by atoms with van der Waals surface area (Å²) >= 11 is 0. The van der Waals surface area contributed by atoms with E-state index in [9.17, 15) is 8.42 Å². The Morgan fingerprint density at radius 3 is 2.94 bits per heavy atom. The third-order valence-corrected chi connectivity index (χ3v) is 4.62. The minimum absolute atomic E-state index is 0.0646. The molecule has 0 saturated heterocycles. The van der Waals surface area contributed by atoms with Gasteiger partial charge >= 0.3 is 0 Å². The van der Waals surface area contributed by atoms with Crippen LogP contribution in [-0.4, -0.2) is 26.8 Å². The first-order valence-corrected chi connectivity index (χ1v) is 6.98. The van der Waals surface area contributed by atoms with Gasteiger partial charge in [-0.15, -0.1) is 0 Å². The van der Waals surface area contributed by atoms with Gasteiger partial charge in [0.1, 0.15) is 0 Å². The summed E-state index contributed by atoms with van der Waals surface area (Å²) in [5.74, 6) is 0.140. The van der Waals surface area contributed by atoms with E-state index in [1.165, 1.54) is 0 Å². The quantitative estimate of drug-likeness (QED) is 0.806. The van der Waals surface area contributed by atoms with Crippen LogP contribution in [0.1, 0.15) is 12.0 Å². The van der Waals surface area contributed by atoms with Crippen molar-refractivity contribution in [2.75, 3.05) is 17.6 Å². The molecule has 0 saturated carbocycles. The Morgan fingerprint density at radius 1 is 1.50 bits per heavy atom. The van der Waals surface area contributed by atoms with Crippen molar-refractivity contribution < 1.29 is 8.42 Å². The molecule has 1 heterocycles. The third kappa shape index (κ3) is 2.05. The van der Waals surface area contributed by atoms with Crippen LogP contribution in [0.5, 0.6) is 0 Å². The molecular weight excluding hydrogens is 224 g/mol. The molecule has 2 rings (SSSR count). The molecule has 0 fully saturated rings. The predicted molar refractivity (Wildman–Crippen MR) is 64.3 cm³/mol. The molecule has 0 spiro atoms. The number of aryl methyl sites for hydroxylation is 1. The van der Waals surface area contributed by atoms with E-state index in [0.717, 1.165) is 5.56 Å². The maximum absolute atomic E-state index is 12.0. The number of nitrogens with one attached hydrogen (secondary N) is 1. The van der Waals surface area contributed by atoms with E-state index in [4.69, 9.17) is 5.73 Å². The molecule has 0 radical (unpaired) electrons. The Labute approximate surface area is 95.8 Å². The topological polar surface area (TPSA) is 72.2 Å². The molecule has 88 valence electrons. The van der Waals surface area contributed by atoms with Crippen LogP contribution < -0.4 is 11.1 Å². The number of rotatable bonds is 2. The summed E-state index contributed by atoms with van der Waals surface area (Å²) in [7, 11) is -3.15. The number of fused-ring (bicyclic) bond motifs is 1. The summed E-state index contributed by atoms with van der Waals surface area (Å²) in [4.78, 5) is 0.417. The second kappa shape index (κ2) is 4.07. The van der Waals surface area contributed by atoms with Gasteiger partial charge in [-0.05, 0) is 37.6 Å². The molecule has 0 aromatic heterocycles. The molecule has 1 aliphatic heterocycles. The van der Waals surface area contributed by atoms with Crippen molar-refractivity contribution in [1.82, 2.24) is 0 Å². The van der Waals surface area contributed by atoms with Gasteiger partial charge in [0.05, 0.1) is 16.3 Å². The first kappa shape index (κ1) is 11.4. The van der Waals surface area contributed by atoms with Gasteiger partial charge in [-0.3, -0.25) is 0 Å². The van der Waals surface area contributed by atoms with Crippen LogP contribution in [0.2, 0.25) is 0 Å². The Kier molecular flexibility index (Phi) is 2.90. The molecule has 0 amide bonds. The highest BCUT2D eigenvalue weighted by atomic mass is 32.2. The van der Waals surface area contributed by atoms with Crippen LogP contribution >= 0.6 is 0 Å². The standard InChI is InChI=1S/C11H16N2O2S/c1-8-2-3-10-11(6-8)16(14,15)7-9(13-10)4-5-12/h2-3,6,9,13H,4-5,7,12H2,1H3. The molecule has 1 aromatic rings. The molecule has 1 aliphatic rings. The second-order valence-electron chi connectivity index (χ2n) is 4.20. The highest BCUT2D eigenvalue weighted by Gasteiger charge is 2.29. The van der Waals surface area contributed by atoms with Gasteiger partial charge in [-0.25, -0.2) is 8.42 Å². The molecule has 1 unspecified atom stereocenters. The van der Waals surface area contributed by atoms with Gasteiger partial charge < -0.3 is 11.1 Å². The minimum atomic E-state index is -3.15. The number of hydrogen-bond acceptors (Lipinski definition) is 4. The van der Waals surface area contributed by atoms with Crippen LogP contribution in [0, 0.1) is 6.92 Å². The molecule has 1 aromatic carbocycles. The Hall–Kier alpha value is -1.07. The Balaban J connectivity index is 2.44. The number of nitrogens with two attached hydrogens (primary N) is 1. The lowest BCUT2D eigenvalue weighted by atomic mass is 10.2. The van der Waals surface area contributed by atoms with Gasteiger partial charge in [-0.1, -0.05) is 6.07 Å². The maximum Gasteiger partial charge on any atom is 0.182 e. The summed E-state index contributed by atoms with van der Waals surface area (Å²) in [5, 5.41) is 3.22. The van der Waals surface area contributed by atoms with E-state index < -0.39 is 9.84 Å². The lowest BCUT2D eigenvalue weighted by molar-refractivity contribution is 0.580. The fraction of sp³-hybridized carbons (Fsp3) is 0.455. The summed E-state index contributed by atoms with van der Waals surface area (Å²) in [6.45, 7) is 2.39. The minimum Gasteiger partial charge on any atom is -0.380 e. The Morgan fingerprint density at radius 2 is 2.25 bits per heavy atom. The normalized spacial score (nSPS) is 22.2. The summed E-state index contributed by atoms with van der Waals surface area (Å²) in [6, 6.07) is 5.39. The van der Waals surface area contributed by atoms with Gasteiger partial charge in [0.15, 0.2) is 9.84 Å². The molecule has 3 N–H and O–H groups in total. The Bertz CT molecular complexity index is 497. The van der Waals surface area contributed by atoms with Crippen LogP contribution in [-0.2, 0) is 9.84 Å². The number of sulfone groups is 1. The van der Waals surface area contributed by atoms with Crippen molar-refractivity contribution in [3.8, 4) is 0 Å². The van der Waals surface area contributed by atoms with Crippen molar-refractivity contribution >= 4 is 15.5 Å². The van der Waals surface area contributed by atoms with Crippen LogP contribution in [0.15, 0.2) is 23.1 Å². The van der Waals surface area contributed by atoms with E-state index >= 15 is 0 Å². The predicted octanol–water partition coefficient (Wildman–Crippen LogP) is 0.912. The molecule has 0 aliphatic carbocycles. The molecule has 16 heavy (non-hydrogen) atoms. The zero-order chi connectivity index (χ0) is 11.8. The van der Waals surface area contributed by atoms with Crippen molar-refractivity contribution in [3.63, 3.8) is 0 Å². The average molecular weight is 240 g/mol. The summed E-state index contributed by atoms with van der Waals surface area (Å²) < 4.78 is 24.1. The first-order valence-electron chi connectivity index (χ1n) is 5.33. The highest BCUT2D eigenvalue weighted by Crippen LogP contribution is 2.29. The monoisotopic (exact) mass is 240 g/mol. The van der Waals surface area contributed by atoms with Gasteiger partial charge in [0.2, 0.25) is 0 Å². The molecular formula is C11H16N2O2S. The van der Waals surface area contributed by atoms with E-state index in [0.29, 0.717) is 23.5 Å². The zero-order valence-corrected chi connectivity index (χ0v) is 10.0. The second-order valence-corrected chi connectivity index (χ2v) is 6.20. The van der Waals surface area contributed by atoms with Crippen LogP contribution in [0.25, 0.3) is 0 Å². The molecule has 5 heteroatoms. The number of anilines is 1. The van der Waals surface area contributed by atoms with Crippen molar-refractivity contribution in [3.05, 3.63) is 23.8 Å².